The molecule has 1 aliphatic rings. The third-order valence-electron chi connectivity index (χ3n) is 6.43. The normalized spacial score (nSPS) is 14.4. The molecular formula is C31H34N2O3. The minimum atomic E-state index is -0.363. The molecule has 0 saturated carbocycles. The van der Waals surface area contributed by atoms with Gasteiger partial charge in [0.2, 0.25) is 5.91 Å². The van der Waals surface area contributed by atoms with Crippen molar-refractivity contribution in [3.8, 4) is 0 Å². The average molecular weight is 483 g/mol. The molecule has 0 aromatic heterocycles. The number of esters is 1. The molecule has 0 bridgehead atoms. The molecule has 186 valence electrons. The summed E-state index contributed by atoms with van der Waals surface area (Å²) in [6, 6.07) is 26.0. The highest BCUT2D eigenvalue weighted by molar-refractivity contribution is 5.87. The minimum Gasteiger partial charge on any atom is -0.463 e. The Labute approximate surface area is 213 Å². The van der Waals surface area contributed by atoms with Crippen molar-refractivity contribution in [1.82, 2.24) is 5.32 Å². The Morgan fingerprint density at radius 2 is 1.61 bits per heavy atom. The molecule has 5 nitrogen and oxygen atoms in total. The van der Waals surface area contributed by atoms with Crippen LogP contribution in [0.25, 0.3) is 6.08 Å². The van der Waals surface area contributed by atoms with Crippen molar-refractivity contribution in [2.45, 2.75) is 38.6 Å². The molecular weight excluding hydrogens is 448 g/mol. The summed E-state index contributed by atoms with van der Waals surface area (Å²) < 4.78 is 4.92. The second-order valence-electron chi connectivity index (χ2n) is 9.02. The van der Waals surface area contributed by atoms with Gasteiger partial charge in [0.05, 0.1) is 19.1 Å². The first-order valence-electron chi connectivity index (χ1n) is 12.8. The second kappa shape index (κ2) is 12.7. The predicted octanol–water partition coefficient (Wildman–Crippen LogP) is 5.70. The van der Waals surface area contributed by atoms with Crippen LogP contribution in [-0.4, -0.2) is 31.6 Å². The van der Waals surface area contributed by atoms with E-state index in [1.807, 2.05) is 48.5 Å². The van der Waals surface area contributed by atoms with Gasteiger partial charge in [-0.3, -0.25) is 4.79 Å². The summed E-state index contributed by atoms with van der Waals surface area (Å²) in [5, 5.41) is 3.31. The Morgan fingerprint density at radius 3 is 2.33 bits per heavy atom. The second-order valence-corrected chi connectivity index (χ2v) is 9.02. The number of amides is 1. The lowest BCUT2D eigenvalue weighted by atomic mass is 9.95. The Kier molecular flexibility index (Phi) is 8.92. The SMILES string of the molecule is CCOC(=O)/C=C/c1ccc(CC(=O)NC(c2ccccc2)c2ccccc2N2CCCCC2)cc1. The standard InChI is InChI=1S/C31H34N2O3/c1-2-36-30(35)20-19-24-15-17-25(18-16-24)23-29(34)32-31(26-11-5-3-6-12-26)27-13-7-8-14-28(27)33-21-9-4-10-22-33/h3,5-8,11-20,31H,2,4,9-10,21-23H2,1H3,(H,32,34)/b20-19+. The minimum absolute atomic E-state index is 0.0351. The number of ether oxygens (including phenoxy) is 1. The van der Waals surface area contributed by atoms with Crippen molar-refractivity contribution in [1.29, 1.82) is 0 Å². The van der Waals surface area contributed by atoms with Crippen LogP contribution in [0.15, 0.2) is 84.9 Å². The Hall–Kier alpha value is -3.86. The molecule has 1 atom stereocenters. The van der Waals surface area contributed by atoms with Crippen LogP contribution in [0, 0.1) is 0 Å². The fraction of sp³-hybridized carbons (Fsp3) is 0.290. The number of hydrogen-bond acceptors (Lipinski definition) is 4. The maximum absolute atomic E-state index is 13.2. The number of carbonyl (C=O) groups is 2. The Bertz CT molecular complexity index is 1170. The van der Waals surface area contributed by atoms with Gasteiger partial charge in [0.15, 0.2) is 0 Å². The highest BCUT2D eigenvalue weighted by Crippen LogP contribution is 2.32. The van der Waals surface area contributed by atoms with Gasteiger partial charge in [-0.1, -0.05) is 72.8 Å². The van der Waals surface area contributed by atoms with Crippen LogP contribution in [0.4, 0.5) is 5.69 Å². The molecule has 1 saturated heterocycles. The molecule has 3 aromatic rings. The van der Waals surface area contributed by atoms with E-state index < -0.39 is 0 Å². The average Bonchev–Trinajstić information content (AvgIpc) is 2.92. The largest absolute Gasteiger partial charge is 0.463 e. The van der Waals surface area contributed by atoms with Gasteiger partial charge in [0, 0.05) is 30.4 Å². The number of piperidine rings is 1. The van der Waals surface area contributed by atoms with Crippen LogP contribution in [0.2, 0.25) is 0 Å². The molecule has 4 rings (SSSR count). The van der Waals surface area contributed by atoms with Gasteiger partial charge in [-0.15, -0.1) is 0 Å². The number of nitrogens with one attached hydrogen (secondary N) is 1. The van der Waals surface area contributed by atoms with Crippen LogP contribution < -0.4 is 10.2 Å². The van der Waals surface area contributed by atoms with Crippen LogP contribution in [0.1, 0.15) is 54.5 Å². The molecule has 1 fully saturated rings. The van der Waals surface area contributed by atoms with E-state index >= 15 is 0 Å². The van der Waals surface area contributed by atoms with Gasteiger partial charge in [0.1, 0.15) is 0 Å². The summed E-state index contributed by atoms with van der Waals surface area (Å²) in [5.74, 6) is -0.398. The van der Waals surface area contributed by atoms with Crippen molar-refractivity contribution in [3.05, 3.63) is 107 Å². The summed E-state index contributed by atoms with van der Waals surface area (Å²) in [6.07, 6.45) is 7.07. The lowest BCUT2D eigenvalue weighted by molar-refractivity contribution is -0.137. The first-order valence-corrected chi connectivity index (χ1v) is 12.8. The molecule has 36 heavy (non-hydrogen) atoms. The fourth-order valence-corrected chi connectivity index (χ4v) is 4.64. The van der Waals surface area contributed by atoms with E-state index in [0.29, 0.717) is 6.61 Å². The predicted molar refractivity (Wildman–Crippen MR) is 145 cm³/mol. The summed E-state index contributed by atoms with van der Waals surface area (Å²) in [5.41, 5.74) is 5.18. The van der Waals surface area contributed by atoms with Crippen LogP contribution in [-0.2, 0) is 20.7 Å². The van der Waals surface area contributed by atoms with E-state index in [2.05, 4.69) is 40.5 Å². The maximum atomic E-state index is 13.2. The fourth-order valence-electron chi connectivity index (χ4n) is 4.64. The van der Waals surface area contributed by atoms with Gasteiger partial charge in [-0.25, -0.2) is 4.79 Å². The number of anilines is 1. The van der Waals surface area contributed by atoms with Crippen molar-refractivity contribution in [2.75, 3.05) is 24.6 Å². The smallest absolute Gasteiger partial charge is 0.330 e. The molecule has 1 heterocycles. The zero-order valence-electron chi connectivity index (χ0n) is 20.9. The lowest BCUT2D eigenvalue weighted by Gasteiger charge is -2.33. The van der Waals surface area contributed by atoms with Gasteiger partial charge in [-0.2, -0.15) is 0 Å². The third kappa shape index (κ3) is 6.85. The molecule has 0 radical (unpaired) electrons. The monoisotopic (exact) mass is 482 g/mol. The van der Waals surface area contributed by atoms with Crippen molar-refractivity contribution in [3.63, 3.8) is 0 Å². The summed E-state index contributed by atoms with van der Waals surface area (Å²) in [4.78, 5) is 27.2. The van der Waals surface area contributed by atoms with Crippen molar-refractivity contribution in [2.24, 2.45) is 0 Å². The van der Waals surface area contributed by atoms with E-state index in [9.17, 15) is 9.59 Å². The number of rotatable bonds is 9. The van der Waals surface area contributed by atoms with Crippen LogP contribution in [0.5, 0.6) is 0 Å². The number of benzene rings is 3. The van der Waals surface area contributed by atoms with Gasteiger partial charge < -0.3 is 15.0 Å². The quantitative estimate of drug-likeness (QED) is 0.314. The van der Waals surface area contributed by atoms with Gasteiger partial charge in [-0.05, 0) is 55.0 Å². The van der Waals surface area contributed by atoms with Gasteiger partial charge in [0.25, 0.3) is 0 Å². The van der Waals surface area contributed by atoms with Crippen LogP contribution >= 0.6 is 0 Å². The van der Waals surface area contributed by atoms with Crippen LogP contribution in [0.3, 0.4) is 0 Å². The zero-order chi connectivity index (χ0) is 25.2. The Balaban J connectivity index is 1.51. The number of carbonyl (C=O) groups excluding carboxylic acids is 2. The number of para-hydroxylation sites is 1. The molecule has 0 aliphatic carbocycles. The summed E-state index contributed by atoms with van der Waals surface area (Å²) in [7, 11) is 0. The van der Waals surface area contributed by atoms with E-state index in [1.165, 1.54) is 31.0 Å². The topological polar surface area (TPSA) is 58.6 Å². The molecule has 1 N–H and O–H groups in total. The molecule has 1 amide bonds. The first-order chi connectivity index (χ1) is 17.6. The molecule has 0 spiro atoms. The Morgan fingerprint density at radius 1 is 0.917 bits per heavy atom. The molecule has 3 aromatic carbocycles. The zero-order valence-corrected chi connectivity index (χ0v) is 20.9. The summed E-state index contributed by atoms with van der Waals surface area (Å²) in [6.45, 7) is 4.22. The third-order valence-corrected chi connectivity index (χ3v) is 6.43. The molecule has 1 aliphatic heterocycles. The summed E-state index contributed by atoms with van der Waals surface area (Å²) >= 11 is 0. The molecule has 1 unspecified atom stereocenters. The highest BCUT2D eigenvalue weighted by atomic mass is 16.5. The van der Waals surface area contributed by atoms with E-state index in [4.69, 9.17) is 4.74 Å². The van der Waals surface area contributed by atoms with Gasteiger partial charge >= 0.3 is 5.97 Å². The first kappa shape index (κ1) is 25.2. The lowest BCUT2D eigenvalue weighted by Crippen LogP contribution is -2.34. The number of hydrogen-bond donors (Lipinski definition) is 1. The number of nitrogens with zero attached hydrogens (tertiary/aromatic N) is 1. The molecule has 5 heteroatoms. The van der Waals surface area contributed by atoms with E-state index in [1.54, 1.807) is 13.0 Å². The highest BCUT2D eigenvalue weighted by Gasteiger charge is 2.23. The van der Waals surface area contributed by atoms with Crippen molar-refractivity contribution >= 4 is 23.6 Å². The van der Waals surface area contributed by atoms with E-state index in [-0.39, 0.29) is 24.3 Å². The van der Waals surface area contributed by atoms with Crippen molar-refractivity contribution < 1.29 is 14.3 Å². The van der Waals surface area contributed by atoms with E-state index in [0.717, 1.165) is 35.3 Å². The maximum Gasteiger partial charge on any atom is 0.330 e.